The molecule has 1 aromatic carbocycles. The van der Waals surface area contributed by atoms with Crippen molar-refractivity contribution < 1.29 is 0 Å². The molecule has 21 heavy (non-hydrogen) atoms. The summed E-state index contributed by atoms with van der Waals surface area (Å²) in [6, 6.07) is 6.30. The van der Waals surface area contributed by atoms with E-state index in [0.29, 0.717) is 0 Å². The van der Waals surface area contributed by atoms with E-state index in [4.69, 9.17) is 11.6 Å². The van der Waals surface area contributed by atoms with Crippen LogP contribution in [0.3, 0.4) is 0 Å². The second-order valence-electron chi connectivity index (χ2n) is 4.96. The zero-order chi connectivity index (χ0) is 15.6. The van der Waals surface area contributed by atoms with Gasteiger partial charge in [0.2, 0.25) is 0 Å². The number of hydrogen-bond donors (Lipinski definition) is 1. The molecule has 6 heteroatoms. The fourth-order valence-electron chi connectivity index (χ4n) is 2.38. The van der Waals surface area contributed by atoms with Crippen molar-refractivity contribution in [1.29, 1.82) is 0 Å². The molecule has 1 aromatic heterocycles. The molecule has 0 saturated heterocycles. The minimum atomic E-state index is 0.201. The summed E-state index contributed by atoms with van der Waals surface area (Å²) >= 11 is 13.3. The van der Waals surface area contributed by atoms with E-state index in [0.717, 1.165) is 32.6 Å². The predicted octanol–water partition coefficient (Wildman–Crippen LogP) is 4.80. The van der Waals surface area contributed by atoms with Crippen molar-refractivity contribution in [3.63, 3.8) is 0 Å². The van der Waals surface area contributed by atoms with E-state index in [1.807, 2.05) is 30.8 Å². The average Bonchev–Trinajstić information content (AvgIpc) is 2.68. The Kier molecular flexibility index (Phi) is 5.88. The molecule has 1 N–H and O–H groups in total. The third-order valence-corrected chi connectivity index (χ3v) is 5.72. The van der Waals surface area contributed by atoms with Gasteiger partial charge in [-0.3, -0.25) is 4.68 Å². The van der Waals surface area contributed by atoms with Crippen LogP contribution >= 0.6 is 43.5 Å². The first-order valence-electron chi connectivity index (χ1n) is 6.80. The third kappa shape index (κ3) is 3.89. The van der Waals surface area contributed by atoms with Crippen LogP contribution in [-0.4, -0.2) is 16.3 Å². The van der Waals surface area contributed by atoms with Crippen molar-refractivity contribution in [3.05, 3.63) is 49.1 Å². The van der Waals surface area contributed by atoms with Gasteiger partial charge in [-0.15, -0.1) is 0 Å². The summed E-state index contributed by atoms with van der Waals surface area (Å²) < 4.78 is 3.93. The van der Waals surface area contributed by atoms with Crippen molar-refractivity contribution in [2.45, 2.75) is 26.3 Å². The van der Waals surface area contributed by atoms with Crippen LogP contribution in [0.25, 0.3) is 0 Å². The SMILES string of the molecule is CCNC(Cc1c(Br)c(C)nn1C)c1ccc(Br)c(Cl)c1. The van der Waals surface area contributed by atoms with Crippen LogP contribution in [0.15, 0.2) is 27.1 Å². The summed E-state index contributed by atoms with van der Waals surface area (Å²) in [7, 11) is 1.98. The van der Waals surface area contributed by atoms with E-state index in [9.17, 15) is 0 Å². The number of nitrogens with one attached hydrogen (secondary N) is 1. The molecule has 1 heterocycles. The van der Waals surface area contributed by atoms with Gasteiger partial charge in [-0.25, -0.2) is 0 Å². The molecule has 1 unspecified atom stereocenters. The monoisotopic (exact) mass is 433 g/mol. The van der Waals surface area contributed by atoms with Crippen molar-refractivity contribution in [3.8, 4) is 0 Å². The lowest BCUT2D eigenvalue weighted by atomic mass is 10.0. The average molecular weight is 436 g/mol. The molecule has 114 valence electrons. The van der Waals surface area contributed by atoms with Crippen LogP contribution in [0.5, 0.6) is 0 Å². The molecule has 1 atom stereocenters. The van der Waals surface area contributed by atoms with Crippen LogP contribution < -0.4 is 5.32 Å². The maximum absolute atomic E-state index is 6.23. The molecule has 2 aromatic rings. The summed E-state index contributed by atoms with van der Waals surface area (Å²) in [5.74, 6) is 0. The van der Waals surface area contributed by atoms with E-state index in [1.165, 1.54) is 11.3 Å². The number of halogens is 3. The van der Waals surface area contributed by atoms with E-state index in [-0.39, 0.29) is 6.04 Å². The second-order valence-corrected chi connectivity index (χ2v) is 7.01. The van der Waals surface area contributed by atoms with Gasteiger partial charge in [0.15, 0.2) is 0 Å². The summed E-state index contributed by atoms with van der Waals surface area (Å²) in [5, 5.41) is 8.71. The van der Waals surface area contributed by atoms with E-state index >= 15 is 0 Å². The molecule has 0 amide bonds. The summed E-state index contributed by atoms with van der Waals surface area (Å²) in [5.41, 5.74) is 3.37. The molecule has 2 rings (SSSR count). The van der Waals surface area contributed by atoms with Gasteiger partial charge in [-0.2, -0.15) is 5.10 Å². The first kappa shape index (κ1) is 17.0. The number of rotatable bonds is 5. The molecule has 0 aliphatic carbocycles. The largest absolute Gasteiger partial charge is 0.310 e. The summed E-state index contributed by atoms with van der Waals surface area (Å²) in [6.45, 7) is 5.01. The van der Waals surface area contributed by atoms with Crippen molar-refractivity contribution in [2.75, 3.05) is 6.54 Å². The highest BCUT2D eigenvalue weighted by molar-refractivity contribution is 9.10. The van der Waals surface area contributed by atoms with E-state index < -0.39 is 0 Å². The van der Waals surface area contributed by atoms with Gasteiger partial charge >= 0.3 is 0 Å². The number of likely N-dealkylation sites (N-methyl/N-ethyl adjacent to an activating group) is 1. The molecule has 0 aliphatic heterocycles. The lowest BCUT2D eigenvalue weighted by Gasteiger charge is -2.19. The normalized spacial score (nSPS) is 12.7. The van der Waals surface area contributed by atoms with Gasteiger partial charge in [0.25, 0.3) is 0 Å². The molecule has 0 fully saturated rings. The number of nitrogens with zero attached hydrogens (tertiary/aromatic N) is 2. The topological polar surface area (TPSA) is 29.9 Å². The zero-order valence-electron chi connectivity index (χ0n) is 12.3. The van der Waals surface area contributed by atoms with Gasteiger partial charge in [0.05, 0.1) is 20.9 Å². The summed E-state index contributed by atoms with van der Waals surface area (Å²) in [4.78, 5) is 0. The Hall–Kier alpha value is -0.360. The minimum Gasteiger partial charge on any atom is -0.310 e. The maximum atomic E-state index is 6.23. The molecule has 0 aliphatic rings. The van der Waals surface area contributed by atoms with Gasteiger partial charge in [0, 0.05) is 24.0 Å². The Balaban J connectivity index is 2.32. The highest BCUT2D eigenvalue weighted by Gasteiger charge is 2.18. The van der Waals surface area contributed by atoms with E-state index in [1.54, 1.807) is 0 Å². The Labute approximate surface area is 147 Å². The van der Waals surface area contributed by atoms with Crippen LogP contribution in [-0.2, 0) is 13.5 Å². The highest BCUT2D eigenvalue weighted by atomic mass is 79.9. The Morgan fingerprint density at radius 1 is 1.38 bits per heavy atom. The molecule has 0 saturated carbocycles. The lowest BCUT2D eigenvalue weighted by Crippen LogP contribution is -2.24. The van der Waals surface area contributed by atoms with Gasteiger partial charge in [0.1, 0.15) is 0 Å². The molecule has 0 radical (unpaired) electrons. The van der Waals surface area contributed by atoms with Crippen molar-refractivity contribution in [2.24, 2.45) is 7.05 Å². The number of aromatic nitrogens is 2. The second kappa shape index (κ2) is 7.27. The molecular weight excluding hydrogens is 417 g/mol. The molecule has 3 nitrogen and oxygen atoms in total. The van der Waals surface area contributed by atoms with Crippen molar-refractivity contribution in [1.82, 2.24) is 15.1 Å². The van der Waals surface area contributed by atoms with Gasteiger partial charge in [-0.1, -0.05) is 24.6 Å². The number of aryl methyl sites for hydroxylation is 2. The summed E-state index contributed by atoms with van der Waals surface area (Å²) in [6.07, 6.45) is 0.851. The Bertz CT molecular complexity index is 640. The predicted molar refractivity (Wildman–Crippen MR) is 94.9 cm³/mol. The maximum Gasteiger partial charge on any atom is 0.0738 e. The van der Waals surface area contributed by atoms with Gasteiger partial charge in [-0.05, 0) is 63.0 Å². The van der Waals surface area contributed by atoms with Gasteiger partial charge < -0.3 is 5.32 Å². The first-order valence-corrected chi connectivity index (χ1v) is 8.76. The minimum absolute atomic E-state index is 0.201. The first-order chi connectivity index (χ1) is 9.93. The van der Waals surface area contributed by atoms with Crippen LogP contribution in [0.2, 0.25) is 5.02 Å². The standard InChI is InChI=1S/C15H18Br2ClN3/c1-4-19-13(10-5-6-11(16)12(18)7-10)8-14-15(17)9(2)20-21(14)3/h5-7,13,19H,4,8H2,1-3H3. The van der Waals surface area contributed by atoms with Crippen LogP contribution in [0.4, 0.5) is 0 Å². The van der Waals surface area contributed by atoms with E-state index in [2.05, 4.69) is 55.3 Å². The highest BCUT2D eigenvalue weighted by Crippen LogP contribution is 2.30. The third-order valence-electron chi connectivity index (χ3n) is 3.46. The molecular formula is C15H18Br2ClN3. The number of hydrogen-bond acceptors (Lipinski definition) is 2. The van der Waals surface area contributed by atoms with Crippen molar-refractivity contribution >= 4 is 43.5 Å². The van der Waals surface area contributed by atoms with Crippen LogP contribution in [0, 0.1) is 6.92 Å². The zero-order valence-corrected chi connectivity index (χ0v) is 16.2. The molecule has 0 bridgehead atoms. The Morgan fingerprint density at radius 2 is 2.10 bits per heavy atom. The fraction of sp³-hybridized carbons (Fsp3) is 0.400. The Morgan fingerprint density at radius 3 is 2.62 bits per heavy atom. The molecule has 0 spiro atoms. The van der Waals surface area contributed by atoms with Crippen LogP contribution in [0.1, 0.15) is 29.9 Å². The fourth-order valence-corrected chi connectivity index (χ4v) is 3.31. The lowest BCUT2D eigenvalue weighted by molar-refractivity contribution is 0.528. The quantitative estimate of drug-likeness (QED) is 0.731. The smallest absolute Gasteiger partial charge is 0.0738 e. The number of benzene rings is 1.